The van der Waals surface area contributed by atoms with Crippen LogP contribution in [-0.2, 0) is 11.2 Å². The number of aromatic nitrogens is 1. The van der Waals surface area contributed by atoms with Crippen LogP contribution >= 0.6 is 22.9 Å². The van der Waals surface area contributed by atoms with Gasteiger partial charge in [-0.2, -0.15) is 0 Å². The van der Waals surface area contributed by atoms with Crippen LogP contribution in [-0.4, -0.2) is 10.9 Å². The van der Waals surface area contributed by atoms with Crippen LogP contribution in [0.4, 0.5) is 5.13 Å². The lowest BCUT2D eigenvalue weighted by molar-refractivity contribution is -0.116. The first-order chi connectivity index (χ1) is 11.2. The lowest BCUT2D eigenvalue weighted by atomic mass is 10.1. The Balaban J connectivity index is 1.57. The van der Waals surface area contributed by atoms with E-state index in [4.69, 9.17) is 11.6 Å². The second kappa shape index (κ2) is 7.40. The first-order valence-corrected chi connectivity index (χ1v) is 8.52. The van der Waals surface area contributed by atoms with Crippen molar-refractivity contribution < 1.29 is 4.79 Å². The third-order valence-corrected chi connectivity index (χ3v) is 4.34. The number of hydrogen-bond donors (Lipinski definition) is 1. The maximum absolute atomic E-state index is 12.0. The molecule has 0 aliphatic rings. The highest BCUT2D eigenvalue weighted by Gasteiger charge is 2.08. The molecule has 1 aromatic heterocycles. The summed E-state index contributed by atoms with van der Waals surface area (Å²) in [6.07, 6.45) is 1.06. The summed E-state index contributed by atoms with van der Waals surface area (Å²) < 4.78 is 0. The number of aryl methyl sites for hydroxylation is 1. The van der Waals surface area contributed by atoms with E-state index >= 15 is 0 Å². The summed E-state index contributed by atoms with van der Waals surface area (Å²) in [5.74, 6) is -0.0427. The van der Waals surface area contributed by atoms with Gasteiger partial charge in [-0.3, -0.25) is 4.79 Å². The van der Waals surface area contributed by atoms with Gasteiger partial charge in [-0.15, -0.1) is 11.3 Å². The smallest absolute Gasteiger partial charge is 0.226 e. The van der Waals surface area contributed by atoms with E-state index in [1.54, 1.807) is 0 Å². The van der Waals surface area contributed by atoms with Crippen LogP contribution in [0.25, 0.3) is 11.3 Å². The van der Waals surface area contributed by atoms with E-state index in [1.165, 1.54) is 11.3 Å². The number of nitrogens with zero attached hydrogens (tertiary/aromatic N) is 1. The van der Waals surface area contributed by atoms with Gasteiger partial charge in [0.25, 0.3) is 0 Å². The summed E-state index contributed by atoms with van der Waals surface area (Å²) in [7, 11) is 0. The number of nitrogens with one attached hydrogen (secondary N) is 1. The Hall–Kier alpha value is -2.17. The van der Waals surface area contributed by atoms with Crippen molar-refractivity contribution in [2.75, 3.05) is 5.32 Å². The highest BCUT2D eigenvalue weighted by molar-refractivity contribution is 7.14. The van der Waals surface area contributed by atoms with Crippen molar-refractivity contribution in [2.45, 2.75) is 12.8 Å². The van der Waals surface area contributed by atoms with Crippen molar-refractivity contribution in [3.05, 3.63) is 70.6 Å². The molecular weight excluding hydrogens is 328 g/mol. The second-order valence-corrected chi connectivity index (χ2v) is 6.38. The van der Waals surface area contributed by atoms with Crippen molar-refractivity contribution in [3.8, 4) is 11.3 Å². The van der Waals surface area contributed by atoms with Crippen LogP contribution < -0.4 is 5.32 Å². The van der Waals surface area contributed by atoms with Crippen LogP contribution in [0.15, 0.2) is 60.0 Å². The number of rotatable bonds is 5. The molecule has 5 heteroatoms. The monoisotopic (exact) mass is 342 g/mol. The highest BCUT2D eigenvalue weighted by Crippen LogP contribution is 2.24. The predicted molar refractivity (Wildman–Crippen MR) is 96.0 cm³/mol. The molecule has 2 aromatic carbocycles. The third kappa shape index (κ3) is 4.41. The van der Waals surface area contributed by atoms with Crippen molar-refractivity contribution in [3.63, 3.8) is 0 Å². The fraction of sp³-hybridized carbons (Fsp3) is 0.111. The topological polar surface area (TPSA) is 42.0 Å². The second-order valence-electron chi connectivity index (χ2n) is 5.08. The van der Waals surface area contributed by atoms with E-state index < -0.39 is 0 Å². The lowest BCUT2D eigenvalue weighted by Crippen LogP contribution is -2.12. The van der Waals surface area contributed by atoms with E-state index in [2.05, 4.69) is 10.3 Å². The number of benzene rings is 2. The Morgan fingerprint density at radius 2 is 1.96 bits per heavy atom. The fourth-order valence-corrected chi connectivity index (χ4v) is 3.15. The SMILES string of the molecule is O=C(CCc1cccc(Cl)c1)Nc1nc(-c2ccccc2)cs1. The third-order valence-electron chi connectivity index (χ3n) is 3.35. The number of hydrogen-bond acceptors (Lipinski definition) is 3. The summed E-state index contributed by atoms with van der Waals surface area (Å²) >= 11 is 7.37. The number of amides is 1. The Labute approximate surface area is 144 Å². The summed E-state index contributed by atoms with van der Waals surface area (Å²) in [6, 6.07) is 17.5. The van der Waals surface area contributed by atoms with Crippen molar-refractivity contribution in [2.24, 2.45) is 0 Å². The van der Waals surface area contributed by atoms with Crippen LogP contribution in [0, 0.1) is 0 Å². The standard InChI is InChI=1S/C18H15ClN2OS/c19-15-8-4-5-13(11-15)9-10-17(22)21-18-20-16(12-23-18)14-6-2-1-3-7-14/h1-8,11-12H,9-10H2,(H,20,21,22). The minimum Gasteiger partial charge on any atom is -0.302 e. The average molecular weight is 343 g/mol. The van der Waals surface area contributed by atoms with Crippen LogP contribution in [0.5, 0.6) is 0 Å². The molecule has 0 bridgehead atoms. The Kier molecular flexibility index (Phi) is 5.05. The fourth-order valence-electron chi connectivity index (χ4n) is 2.20. The molecule has 3 aromatic rings. The van der Waals surface area contributed by atoms with Gasteiger partial charge < -0.3 is 5.32 Å². The molecule has 0 spiro atoms. The molecule has 0 radical (unpaired) electrons. The minimum absolute atomic E-state index is 0.0427. The highest BCUT2D eigenvalue weighted by atomic mass is 35.5. The van der Waals surface area contributed by atoms with Gasteiger partial charge in [0.15, 0.2) is 5.13 Å². The molecule has 3 rings (SSSR count). The largest absolute Gasteiger partial charge is 0.302 e. The van der Waals surface area contributed by atoms with E-state index in [1.807, 2.05) is 60.0 Å². The number of thiazole rings is 1. The summed E-state index contributed by atoms with van der Waals surface area (Å²) in [6.45, 7) is 0. The maximum Gasteiger partial charge on any atom is 0.226 e. The van der Waals surface area contributed by atoms with Crippen LogP contribution in [0.2, 0.25) is 5.02 Å². The average Bonchev–Trinajstić information content (AvgIpc) is 3.02. The first-order valence-electron chi connectivity index (χ1n) is 7.26. The van der Waals surface area contributed by atoms with Crippen LogP contribution in [0.1, 0.15) is 12.0 Å². The molecule has 0 atom stereocenters. The van der Waals surface area contributed by atoms with E-state index in [0.29, 0.717) is 23.0 Å². The van der Waals surface area contributed by atoms with Gasteiger partial charge in [0.05, 0.1) is 5.69 Å². The van der Waals surface area contributed by atoms with Gasteiger partial charge in [0, 0.05) is 22.4 Å². The van der Waals surface area contributed by atoms with Gasteiger partial charge >= 0.3 is 0 Å². The normalized spacial score (nSPS) is 10.5. The molecule has 3 nitrogen and oxygen atoms in total. The summed E-state index contributed by atoms with van der Waals surface area (Å²) in [5.41, 5.74) is 2.97. The predicted octanol–water partition coefficient (Wildman–Crippen LogP) is 5.03. The molecule has 0 aliphatic heterocycles. The number of carbonyl (C=O) groups excluding carboxylic acids is 1. The molecule has 1 N–H and O–H groups in total. The Bertz CT molecular complexity index is 802. The number of halogens is 1. The lowest BCUT2D eigenvalue weighted by Gasteiger charge is -2.03. The quantitative estimate of drug-likeness (QED) is 0.706. The zero-order valence-corrected chi connectivity index (χ0v) is 13.9. The number of carbonyl (C=O) groups is 1. The maximum atomic E-state index is 12.0. The number of anilines is 1. The van der Waals surface area contributed by atoms with Crippen molar-refractivity contribution in [1.82, 2.24) is 4.98 Å². The molecule has 0 unspecified atom stereocenters. The van der Waals surface area contributed by atoms with Gasteiger partial charge in [-0.1, -0.05) is 54.1 Å². The minimum atomic E-state index is -0.0427. The van der Waals surface area contributed by atoms with E-state index in [9.17, 15) is 4.79 Å². The molecule has 0 aliphatic carbocycles. The van der Waals surface area contributed by atoms with Gasteiger partial charge in [-0.05, 0) is 24.1 Å². The van der Waals surface area contributed by atoms with Gasteiger partial charge in [0.2, 0.25) is 5.91 Å². The summed E-state index contributed by atoms with van der Waals surface area (Å²) in [4.78, 5) is 16.5. The van der Waals surface area contributed by atoms with Gasteiger partial charge in [-0.25, -0.2) is 4.98 Å². The molecule has 1 heterocycles. The van der Waals surface area contributed by atoms with E-state index in [-0.39, 0.29) is 5.91 Å². The molecule has 23 heavy (non-hydrogen) atoms. The Morgan fingerprint density at radius 1 is 1.13 bits per heavy atom. The molecule has 116 valence electrons. The van der Waals surface area contributed by atoms with Crippen LogP contribution in [0.3, 0.4) is 0 Å². The molecule has 1 amide bonds. The molecular formula is C18H15ClN2OS. The zero-order valence-electron chi connectivity index (χ0n) is 12.3. The summed E-state index contributed by atoms with van der Waals surface area (Å²) in [5, 5.41) is 6.11. The van der Waals surface area contributed by atoms with Crippen molar-refractivity contribution >= 4 is 34.0 Å². The van der Waals surface area contributed by atoms with Gasteiger partial charge in [0.1, 0.15) is 0 Å². The van der Waals surface area contributed by atoms with Crippen molar-refractivity contribution in [1.29, 1.82) is 0 Å². The first kappa shape index (κ1) is 15.7. The Morgan fingerprint density at radius 3 is 2.74 bits per heavy atom. The molecule has 0 saturated heterocycles. The van der Waals surface area contributed by atoms with E-state index in [0.717, 1.165) is 16.8 Å². The molecule has 0 saturated carbocycles. The zero-order chi connectivity index (χ0) is 16.1. The molecule has 0 fully saturated rings.